The highest BCUT2D eigenvalue weighted by atomic mass is 79.9. The van der Waals surface area contributed by atoms with Gasteiger partial charge in [-0.1, -0.05) is 28.1 Å². The van der Waals surface area contributed by atoms with Gasteiger partial charge in [-0.15, -0.1) is 5.10 Å². The number of halogens is 1. The summed E-state index contributed by atoms with van der Waals surface area (Å²) in [5.41, 5.74) is 3.22. The number of rotatable bonds is 4. The van der Waals surface area contributed by atoms with E-state index in [0.29, 0.717) is 0 Å². The highest BCUT2D eigenvalue weighted by Gasteiger charge is 1.99. The number of nitrogens with zero attached hydrogens (tertiary/aromatic N) is 4. The molecule has 0 fully saturated rings. The minimum Gasteiger partial charge on any atom is -0.381 e. The summed E-state index contributed by atoms with van der Waals surface area (Å²) in [6, 6.07) is 16.2. The average Bonchev–Trinajstić information content (AvgIpc) is 3.00. The maximum atomic E-state index is 3.85. The zero-order chi connectivity index (χ0) is 13.8. The first-order valence-electron chi connectivity index (χ1n) is 6.13. The van der Waals surface area contributed by atoms with Crippen LogP contribution in [0, 0.1) is 0 Å². The van der Waals surface area contributed by atoms with Gasteiger partial charge in [0.2, 0.25) is 0 Å². The maximum Gasteiger partial charge on any atom is 0.143 e. The minimum atomic E-state index is 0.781. The molecule has 3 aromatic rings. The van der Waals surface area contributed by atoms with Crippen LogP contribution < -0.4 is 5.32 Å². The second-order valence-corrected chi connectivity index (χ2v) is 5.20. The number of nitrogens with one attached hydrogen (secondary N) is 1. The Kier molecular flexibility index (Phi) is 3.73. The van der Waals surface area contributed by atoms with Gasteiger partial charge in [0.15, 0.2) is 0 Å². The first kappa shape index (κ1) is 12.8. The predicted molar refractivity (Wildman–Crippen MR) is 80.6 cm³/mol. The molecule has 0 saturated heterocycles. The third-order valence-electron chi connectivity index (χ3n) is 2.87. The van der Waals surface area contributed by atoms with E-state index in [2.05, 4.69) is 48.9 Å². The summed E-state index contributed by atoms with van der Waals surface area (Å²) in [6.07, 6.45) is 1.57. The molecule has 1 heterocycles. The summed E-state index contributed by atoms with van der Waals surface area (Å²) < 4.78 is 2.71. The quantitative estimate of drug-likeness (QED) is 0.799. The largest absolute Gasteiger partial charge is 0.381 e. The molecular formula is C14H12BrN5. The molecule has 100 valence electrons. The topological polar surface area (TPSA) is 55.6 Å². The zero-order valence-corrected chi connectivity index (χ0v) is 12.2. The van der Waals surface area contributed by atoms with Gasteiger partial charge in [0, 0.05) is 16.7 Å². The van der Waals surface area contributed by atoms with E-state index in [4.69, 9.17) is 0 Å². The first-order valence-corrected chi connectivity index (χ1v) is 6.92. The lowest BCUT2D eigenvalue weighted by Crippen LogP contribution is -2.00. The monoisotopic (exact) mass is 329 g/mol. The van der Waals surface area contributed by atoms with Crippen LogP contribution in [0.5, 0.6) is 0 Å². The van der Waals surface area contributed by atoms with Gasteiger partial charge in [-0.3, -0.25) is 0 Å². The molecule has 1 aromatic heterocycles. The summed E-state index contributed by atoms with van der Waals surface area (Å²) in [5.74, 6) is 0. The Labute approximate surface area is 124 Å². The molecule has 0 aliphatic rings. The molecule has 0 unspecified atom stereocenters. The van der Waals surface area contributed by atoms with Crippen molar-refractivity contribution in [1.29, 1.82) is 0 Å². The van der Waals surface area contributed by atoms with E-state index >= 15 is 0 Å². The molecule has 0 radical (unpaired) electrons. The Morgan fingerprint density at radius 2 is 1.95 bits per heavy atom. The Morgan fingerprint density at radius 3 is 2.65 bits per heavy atom. The Morgan fingerprint density at radius 1 is 1.10 bits per heavy atom. The van der Waals surface area contributed by atoms with Gasteiger partial charge < -0.3 is 5.32 Å². The van der Waals surface area contributed by atoms with Crippen LogP contribution in [-0.2, 0) is 6.54 Å². The normalized spacial score (nSPS) is 10.4. The summed E-state index contributed by atoms with van der Waals surface area (Å²) in [5, 5.41) is 14.5. The molecule has 0 spiro atoms. The van der Waals surface area contributed by atoms with Gasteiger partial charge in [-0.25, -0.2) is 4.68 Å². The van der Waals surface area contributed by atoms with Crippen molar-refractivity contribution in [1.82, 2.24) is 20.2 Å². The van der Waals surface area contributed by atoms with Crippen LogP contribution in [0.1, 0.15) is 5.56 Å². The summed E-state index contributed by atoms with van der Waals surface area (Å²) in [4.78, 5) is 0. The molecule has 0 atom stereocenters. The van der Waals surface area contributed by atoms with Crippen molar-refractivity contribution in [2.24, 2.45) is 0 Å². The van der Waals surface area contributed by atoms with Crippen LogP contribution in [0.2, 0.25) is 0 Å². The third kappa shape index (κ3) is 3.03. The van der Waals surface area contributed by atoms with Crippen LogP contribution in [-0.4, -0.2) is 20.2 Å². The van der Waals surface area contributed by atoms with Gasteiger partial charge in [-0.05, 0) is 52.4 Å². The Hall–Kier alpha value is -2.21. The molecule has 0 amide bonds. The molecule has 20 heavy (non-hydrogen) atoms. The number of anilines is 1. The second-order valence-electron chi connectivity index (χ2n) is 4.28. The fraction of sp³-hybridized carbons (Fsp3) is 0.0714. The van der Waals surface area contributed by atoms with E-state index in [-0.39, 0.29) is 0 Å². The van der Waals surface area contributed by atoms with Crippen LogP contribution in [0.25, 0.3) is 5.69 Å². The van der Waals surface area contributed by atoms with Gasteiger partial charge in [0.05, 0.1) is 5.69 Å². The molecule has 3 rings (SSSR count). The molecule has 0 saturated carbocycles. The molecule has 2 aromatic carbocycles. The van der Waals surface area contributed by atoms with Gasteiger partial charge in [-0.2, -0.15) is 0 Å². The summed E-state index contributed by atoms with van der Waals surface area (Å²) >= 11 is 3.47. The van der Waals surface area contributed by atoms with Gasteiger partial charge >= 0.3 is 0 Å². The fourth-order valence-electron chi connectivity index (χ4n) is 1.86. The highest BCUT2D eigenvalue weighted by molar-refractivity contribution is 9.10. The van der Waals surface area contributed by atoms with Crippen molar-refractivity contribution in [2.45, 2.75) is 6.54 Å². The predicted octanol–water partition coefficient (Wildman–Crippen LogP) is 3.04. The van der Waals surface area contributed by atoms with Gasteiger partial charge in [0.1, 0.15) is 6.33 Å². The maximum absolute atomic E-state index is 3.85. The van der Waals surface area contributed by atoms with E-state index in [1.54, 1.807) is 11.0 Å². The van der Waals surface area contributed by atoms with Crippen molar-refractivity contribution in [3.8, 4) is 5.69 Å². The molecule has 0 aliphatic carbocycles. The number of hydrogen-bond acceptors (Lipinski definition) is 4. The summed E-state index contributed by atoms with van der Waals surface area (Å²) in [6.45, 7) is 0.781. The van der Waals surface area contributed by atoms with E-state index in [1.165, 1.54) is 5.56 Å². The molecule has 6 heteroatoms. The third-order valence-corrected chi connectivity index (χ3v) is 3.36. The number of aromatic nitrogens is 4. The lowest BCUT2D eigenvalue weighted by Gasteiger charge is -2.07. The van der Waals surface area contributed by atoms with Crippen LogP contribution in [0.4, 0.5) is 5.69 Å². The van der Waals surface area contributed by atoms with E-state index < -0.39 is 0 Å². The second kappa shape index (κ2) is 5.83. The molecule has 0 bridgehead atoms. The van der Waals surface area contributed by atoms with Crippen LogP contribution in [0.3, 0.4) is 0 Å². The van der Waals surface area contributed by atoms with Crippen molar-refractivity contribution in [3.63, 3.8) is 0 Å². The van der Waals surface area contributed by atoms with E-state index in [0.717, 1.165) is 22.4 Å². The zero-order valence-electron chi connectivity index (χ0n) is 10.6. The Balaban J connectivity index is 1.67. The minimum absolute atomic E-state index is 0.781. The smallest absolute Gasteiger partial charge is 0.143 e. The Bertz CT molecular complexity index is 679. The number of hydrogen-bond donors (Lipinski definition) is 1. The molecular weight excluding hydrogens is 318 g/mol. The molecule has 5 nitrogen and oxygen atoms in total. The summed E-state index contributed by atoms with van der Waals surface area (Å²) in [7, 11) is 0. The van der Waals surface area contributed by atoms with Crippen molar-refractivity contribution < 1.29 is 0 Å². The standard InChI is InChI=1S/C14H12BrN5/c15-12-3-1-2-11(8-12)9-16-13-4-6-14(7-5-13)20-10-17-18-19-20/h1-8,10,16H,9H2. The molecule has 0 aliphatic heterocycles. The lowest BCUT2D eigenvalue weighted by molar-refractivity contribution is 0.789. The lowest BCUT2D eigenvalue weighted by atomic mass is 10.2. The van der Waals surface area contributed by atoms with Gasteiger partial charge in [0.25, 0.3) is 0 Å². The number of tetrazole rings is 1. The van der Waals surface area contributed by atoms with Crippen molar-refractivity contribution in [2.75, 3.05) is 5.32 Å². The van der Waals surface area contributed by atoms with E-state index in [1.807, 2.05) is 36.4 Å². The van der Waals surface area contributed by atoms with Crippen LogP contribution >= 0.6 is 15.9 Å². The highest BCUT2D eigenvalue weighted by Crippen LogP contribution is 2.15. The van der Waals surface area contributed by atoms with Crippen molar-refractivity contribution in [3.05, 3.63) is 64.9 Å². The van der Waals surface area contributed by atoms with Crippen LogP contribution in [0.15, 0.2) is 59.3 Å². The fourth-order valence-corrected chi connectivity index (χ4v) is 2.31. The molecule has 1 N–H and O–H groups in total. The average molecular weight is 330 g/mol. The van der Waals surface area contributed by atoms with E-state index in [9.17, 15) is 0 Å². The van der Waals surface area contributed by atoms with Crippen molar-refractivity contribution >= 4 is 21.6 Å². The first-order chi connectivity index (χ1) is 9.81. The SMILES string of the molecule is Brc1cccc(CNc2ccc(-n3cnnn3)cc2)c1. The number of benzene rings is 2.